The van der Waals surface area contributed by atoms with Gasteiger partial charge >= 0.3 is 0 Å². The molecule has 2 unspecified atom stereocenters. The third-order valence-corrected chi connectivity index (χ3v) is 4.40. The smallest absolute Gasteiger partial charge is 0.242 e. The molecule has 18 heavy (non-hydrogen) atoms. The molecule has 5 nitrogen and oxygen atoms in total. The molecule has 1 fully saturated rings. The van der Waals surface area contributed by atoms with Gasteiger partial charge in [-0.2, -0.15) is 0 Å². The Hall–Kier alpha value is -0.690. The quantitative estimate of drug-likeness (QED) is 0.869. The summed E-state index contributed by atoms with van der Waals surface area (Å²) >= 11 is 0. The molecule has 1 aliphatic rings. The van der Waals surface area contributed by atoms with Crippen LogP contribution >= 0.6 is 12.4 Å². The molecule has 1 aromatic rings. The van der Waals surface area contributed by atoms with Gasteiger partial charge in [0.2, 0.25) is 10.0 Å². The summed E-state index contributed by atoms with van der Waals surface area (Å²) in [5, 5.41) is 3.29. The highest BCUT2D eigenvalue weighted by Crippen LogP contribution is 2.13. The van der Waals surface area contributed by atoms with Crippen molar-refractivity contribution in [3.05, 3.63) is 24.5 Å². The van der Waals surface area contributed by atoms with E-state index in [0.717, 1.165) is 19.4 Å². The number of hydrogen-bond acceptors (Lipinski definition) is 4. The lowest BCUT2D eigenvalue weighted by atomic mass is 10.0. The monoisotopic (exact) mass is 291 g/mol. The molecule has 0 aromatic carbocycles. The van der Waals surface area contributed by atoms with Crippen molar-refractivity contribution in [3.8, 4) is 0 Å². The molecule has 2 rings (SSSR count). The summed E-state index contributed by atoms with van der Waals surface area (Å²) in [5.74, 6) is 0. The molecule has 1 aromatic heterocycles. The topological polar surface area (TPSA) is 71.1 Å². The van der Waals surface area contributed by atoms with E-state index < -0.39 is 10.0 Å². The highest BCUT2D eigenvalue weighted by Gasteiger charge is 2.24. The average molecular weight is 292 g/mol. The third kappa shape index (κ3) is 3.91. The van der Waals surface area contributed by atoms with E-state index in [1.165, 1.54) is 6.20 Å². The molecular weight excluding hydrogens is 274 g/mol. The zero-order valence-corrected chi connectivity index (χ0v) is 11.8. The van der Waals surface area contributed by atoms with Crippen molar-refractivity contribution in [2.24, 2.45) is 0 Å². The van der Waals surface area contributed by atoms with Crippen LogP contribution in [0.2, 0.25) is 0 Å². The van der Waals surface area contributed by atoms with Crippen LogP contribution < -0.4 is 10.0 Å². The van der Waals surface area contributed by atoms with Crippen LogP contribution in [0.15, 0.2) is 29.4 Å². The summed E-state index contributed by atoms with van der Waals surface area (Å²) in [4.78, 5) is 4.06. The predicted octanol–water partition coefficient (Wildman–Crippen LogP) is 0.922. The fraction of sp³-hybridized carbons (Fsp3) is 0.545. The maximum absolute atomic E-state index is 12.0. The van der Waals surface area contributed by atoms with Crippen molar-refractivity contribution in [2.75, 3.05) is 6.54 Å². The number of hydrogen-bond donors (Lipinski definition) is 2. The molecule has 0 radical (unpaired) electrons. The predicted molar refractivity (Wildman–Crippen MR) is 72.3 cm³/mol. The van der Waals surface area contributed by atoms with Crippen LogP contribution in [0.5, 0.6) is 0 Å². The second-order valence-corrected chi connectivity index (χ2v) is 6.10. The zero-order chi connectivity index (χ0) is 12.3. The zero-order valence-electron chi connectivity index (χ0n) is 10.2. The number of rotatable bonds is 3. The van der Waals surface area contributed by atoms with Gasteiger partial charge in [-0.25, -0.2) is 13.1 Å². The normalized spacial score (nSPS) is 24.3. The van der Waals surface area contributed by atoms with Gasteiger partial charge in [0.1, 0.15) is 4.90 Å². The van der Waals surface area contributed by atoms with E-state index in [1.54, 1.807) is 18.3 Å². The molecule has 0 bridgehead atoms. The van der Waals surface area contributed by atoms with Gasteiger partial charge in [-0.15, -0.1) is 12.4 Å². The Morgan fingerprint density at radius 1 is 1.50 bits per heavy atom. The van der Waals surface area contributed by atoms with Gasteiger partial charge in [0, 0.05) is 24.5 Å². The molecule has 2 heterocycles. The first-order valence-electron chi connectivity index (χ1n) is 5.73. The van der Waals surface area contributed by atoms with Gasteiger partial charge in [0.15, 0.2) is 0 Å². The fourth-order valence-electron chi connectivity index (χ4n) is 2.03. The summed E-state index contributed by atoms with van der Waals surface area (Å²) in [5.41, 5.74) is 0. The van der Waals surface area contributed by atoms with Gasteiger partial charge in [0.25, 0.3) is 0 Å². The summed E-state index contributed by atoms with van der Waals surface area (Å²) < 4.78 is 26.8. The molecule has 0 spiro atoms. The molecule has 0 aliphatic carbocycles. The van der Waals surface area contributed by atoms with Crippen LogP contribution in [0, 0.1) is 0 Å². The second-order valence-electron chi connectivity index (χ2n) is 4.39. The number of pyridine rings is 1. The first-order chi connectivity index (χ1) is 8.08. The van der Waals surface area contributed by atoms with Crippen molar-refractivity contribution < 1.29 is 8.42 Å². The molecule has 2 atom stereocenters. The Balaban J connectivity index is 0.00000162. The van der Waals surface area contributed by atoms with Crippen molar-refractivity contribution in [2.45, 2.75) is 36.7 Å². The highest BCUT2D eigenvalue weighted by molar-refractivity contribution is 7.89. The van der Waals surface area contributed by atoms with Crippen molar-refractivity contribution in [3.63, 3.8) is 0 Å². The lowest BCUT2D eigenvalue weighted by Crippen LogP contribution is -2.46. The van der Waals surface area contributed by atoms with Crippen LogP contribution in [0.25, 0.3) is 0 Å². The third-order valence-electron chi connectivity index (χ3n) is 2.89. The van der Waals surface area contributed by atoms with E-state index >= 15 is 0 Å². The number of nitrogens with zero attached hydrogens (tertiary/aromatic N) is 1. The Kier molecular flexibility index (Phi) is 5.52. The fourth-order valence-corrected chi connectivity index (χ4v) is 3.28. The minimum Gasteiger partial charge on any atom is -0.314 e. The molecule has 0 saturated carbocycles. The SMILES string of the molecule is CC1CC(NS(=O)(=O)c2cccnc2)CCN1.Cl. The average Bonchev–Trinajstić information content (AvgIpc) is 2.29. The first-order valence-corrected chi connectivity index (χ1v) is 7.22. The maximum atomic E-state index is 12.0. The lowest BCUT2D eigenvalue weighted by Gasteiger charge is -2.28. The summed E-state index contributed by atoms with van der Waals surface area (Å²) in [6.07, 6.45) is 4.57. The van der Waals surface area contributed by atoms with Gasteiger partial charge in [0.05, 0.1) is 0 Å². The van der Waals surface area contributed by atoms with E-state index in [9.17, 15) is 8.42 Å². The minimum absolute atomic E-state index is 0. The largest absolute Gasteiger partial charge is 0.314 e. The van der Waals surface area contributed by atoms with Gasteiger partial charge in [-0.3, -0.25) is 4.98 Å². The number of halogens is 1. The van der Waals surface area contributed by atoms with Crippen molar-refractivity contribution in [1.29, 1.82) is 0 Å². The Morgan fingerprint density at radius 2 is 2.28 bits per heavy atom. The molecule has 1 aliphatic heterocycles. The standard InChI is InChI=1S/C11H17N3O2S.ClH/c1-9-7-10(4-6-13-9)14-17(15,16)11-3-2-5-12-8-11;/h2-3,5,8-10,13-14H,4,6-7H2,1H3;1H. The van der Waals surface area contributed by atoms with Crippen LogP contribution in [-0.2, 0) is 10.0 Å². The number of nitrogens with one attached hydrogen (secondary N) is 2. The van der Waals surface area contributed by atoms with E-state index in [1.807, 2.05) is 0 Å². The first kappa shape index (κ1) is 15.4. The van der Waals surface area contributed by atoms with Crippen molar-refractivity contribution >= 4 is 22.4 Å². The molecule has 102 valence electrons. The van der Waals surface area contributed by atoms with Gasteiger partial charge < -0.3 is 5.32 Å². The second kappa shape index (κ2) is 6.47. The minimum atomic E-state index is -3.42. The Morgan fingerprint density at radius 3 is 2.89 bits per heavy atom. The van der Waals surface area contributed by atoms with E-state index in [-0.39, 0.29) is 23.3 Å². The molecule has 1 saturated heterocycles. The summed E-state index contributed by atoms with van der Waals surface area (Å²) in [6, 6.07) is 3.54. The summed E-state index contributed by atoms with van der Waals surface area (Å²) in [7, 11) is -3.42. The number of aromatic nitrogens is 1. The van der Waals surface area contributed by atoms with E-state index in [0.29, 0.717) is 6.04 Å². The Bertz CT molecular complexity index is 466. The molecule has 0 amide bonds. The van der Waals surface area contributed by atoms with E-state index in [2.05, 4.69) is 21.9 Å². The van der Waals surface area contributed by atoms with Gasteiger partial charge in [-0.1, -0.05) is 0 Å². The van der Waals surface area contributed by atoms with Crippen molar-refractivity contribution in [1.82, 2.24) is 15.0 Å². The Labute approximate surface area is 114 Å². The van der Waals surface area contributed by atoms with Crippen LogP contribution in [0.3, 0.4) is 0 Å². The maximum Gasteiger partial charge on any atom is 0.242 e. The summed E-state index contributed by atoms with van der Waals surface area (Å²) in [6.45, 7) is 2.91. The van der Waals surface area contributed by atoms with E-state index in [4.69, 9.17) is 0 Å². The van der Waals surface area contributed by atoms with Crippen LogP contribution in [-0.4, -0.2) is 32.0 Å². The van der Waals surface area contributed by atoms with Crippen LogP contribution in [0.1, 0.15) is 19.8 Å². The molecular formula is C11H18ClN3O2S. The van der Waals surface area contributed by atoms with Gasteiger partial charge in [-0.05, 0) is 38.4 Å². The molecule has 7 heteroatoms. The van der Waals surface area contributed by atoms with Crippen LogP contribution in [0.4, 0.5) is 0 Å². The number of piperidine rings is 1. The molecule has 2 N–H and O–H groups in total. The lowest BCUT2D eigenvalue weighted by molar-refractivity contribution is 0.361. The highest BCUT2D eigenvalue weighted by atomic mass is 35.5. The number of sulfonamides is 1.